The summed E-state index contributed by atoms with van der Waals surface area (Å²) in [5, 5.41) is 7.70. The zero-order valence-electron chi connectivity index (χ0n) is 13.6. The summed E-state index contributed by atoms with van der Waals surface area (Å²) in [6.45, 7) is 13.6. The maximum atomic E-state index is 5.62. The Morgan fingerprint density at radius 1 is 1.30 bits per heavy atom. The molecule has 1 aromatic rings. The Morgan fingerprint density at radius 2 is 2.05 bits per heavy atom. The van der Waals surface area contributed by atoms with Gasteiger partial charge in [-0.15, -0.1) is 0 Å². The lowest BCUT2D eigenvalue weighted by atomic mass is 9.90. The first kappa shape index (κ1) is 17.1. The van der Waals surface area contributed by atoms with E-state index in [4.69, 9.17) is 4.74 Å². The first-order chi connectivity index (χ1) is 9.39. The van der Waals surface area contributed by atoms with E-state index in [0.717, 1.165) is 32.5 Å². The lowest BCUT2D eigenvalue weighted by Gasteiger charge is -2.29. The quantitative estimate of drug-likeness (QED) is 0.716. The highest BCUT2D eigenvalue weighted by molar-refractivity contribution is 4.79. The first-order valence-electron chi connectivity index (χ1n) is 7.58. The lowest BCUT2D eigenvalue weighted by Crippen LogP contribution is -2.42. The van der Waals surface area contributed by atoms with Crippen molar-refractivity contribution in [1.29, 1.82) is 0 Å². The van der Waals surface area contributed by atoms with Crippen molar-refractivity contribution >= 4 is 0 Å². The molecule has 0 amide bonds. The third kappa shape index (κ3) is 7.60. The summed E-state index contributed by atoms with van der Waals surface area (Å²) in [4.78, 5) is 3.94. The van der Waals surface area contributed by atoms with Crippen molar-refractivity contribution in [2.45, 2.75) is 65.6 Å². The van der Waals surface area contributed by atoms with Crippen LogP contribution in [-0.2, 0) is 11.3 Å². The van der Waals surface area contributed by atoms with Crippen LogP contribution in [0.3, 0.4) is 0 Å². The van der Waals surface area contributed by atoms with Crippen molar-refractivity contribution in [1.82, 2.24) is 20.1 Å². The number of nitrogens with one attached hydrogen (secondary N) is 1. The van der Waals surface area contributed by atoms with E-state index in [2.05, 4.69) is 50.0 Å². The SMILES string of the molecule is CC(CCOC(C)C)CC(C)(C)NCCn1cncn1. The molecule has 1 heterocycles. The third-order valence-electron chi connectivity index (χ3n) is 3.33. The Labute approximate surface area is 123 Å². The third-order valence-corrected chi connectivity index (χ3v) is 3.33. The molecular formula is C15H30N4O. The highest BCUT2D eigenvalue weighted by Crippen LogP contribution is 2.19. The molecule has 0 spiro atoms. The van der Waals surface area contributed by atoms with E-state index in [1.54, 1.807) is 12.7 Å². The highest BCUT2D eigenvalue weighted by Gasteiger charge is 2.20. The van der Waals surface area contributed by atoms with Gasteiger partial charge in [0.1, 0.15) is 12.7 Å². The topological polar surface area (TPSA) is 52.0 Å². The average Bonchev–Trinajstić information content (AvgIpc) is 2.80. The van der Waals surface area contributed by atoms with Crippen LogP contribution in [0.15, 0.2) is 12.7 Å². The molecule has 1 rings (SSSR count). The molecule has 0 saturated carbocycles. The molecule has 0 aliphatic rings. The molecule has 0 aromatic carbocycles. The minimum absolute atomic E-state index is 0.137. The van der Waals surface area contributed by atoms with Crippen molar-refractivity contribution in [3.8, 4) is 0 Å². The van der Waals surface area contributed by atoms with Crippen molar-refractivity contribution in [2.75, 3.05) is 13.2 Å². The van der Waals surface area contributed by atoms with Crippen LogP contribution in [0.1, 0.15) is 47.5 Å². The maximum Gasteiger partial charge on any atom is 0.137 e. The van der Waals surface area contributed by atoms with Gasteiger partial charge in [-0.3, -0.25) is 4.68 Å². The molecule has 5 nitrogen and oxygen atoms in total. The minimum Gasteiger partial charge on any atom is -0.379 e. The fraction of sp³-hybridized carbons (Fsp3) is 0.867. The monoisotopic (exact) mass is 282 g/mol. The zero-order chi connectivity index (χ0) is 15.0. The van der Waals surface area contributed by atoms with Crippen LogP contribution in [0.2, 0.25) is 0 Å². The Balaban J connectivity index is 2.18. The van der Waals surface area contributed by atoms with E-state index in [1.807, 2.05) is 4.68 Å². The van der Waals surface area contributed by atoms with Crippen LogP contribution in [0.4, 0.5) is 0 Å². The van der Waals surface area contributed by atoms with Gasteiger partial charge >= 0.3 is 0 Å². The molecule has 20 heavy (non-hydrogen) atoms. The molecule has 1 atom stereocenters. The molecule has 1 unspecified atom stereocenters. The molecule has 0 radical (unpaired) electrons. The molecule has 1 N–H and O–H groups in total. The molecular weight excluding hydrogens is 252 g/mol. The number of ether oxygens (including phenoxy) is 1. The van der Waals surface area contributed by atoms with E-state index in [1.165, 1.54) is 0 Å². The summed E-state index contributed by atoms with van der Waals surface area (Å²) in [5.41, 5.74) is 0.137. The van der Waals surface area contributed by atoms with Gasteiger partial charge in [0.25, 0.3) is 0 Å². The van der Waals surface area contributed by atoms with E-state index < -0.39 is 0 Å². The Morgan fingerprint density at radius 3 is 2.65 bits per heavy atom. The molecule has 1 aromatic heterocycles. The number of hydrogen-bond donors (Lipinski definition) is 1. The van der Waals surface area contributed by atoms with Crippen molar-refractivity contribution in [2.24, 2.45) is 5.92 Å². The van der Waals surface area contributed by atoms with Gasteiger partial charge in [0.05, 0.1) is 12.6 Å². The standard InChI is InChI=1S/C15H30N4O/c1-13(2)20-9-6-14(3)10-15(4,5)17-7-8-19-12-16-11-18-19/h11-14,17H,6-10H2,1-5H3. The second-order valence-electron chi connectivity index (χ2n) is 6.49. The molecule has 0 saturated heterocycles. The average molecular weight is 282 g/mol. The van der Waals surface area contributed by atoms with Crippen LogP contribution in [0, 0.1) is 5.92 Å². The normalized spacial score (nSPS) is 13.9. The molecule has 0 fully saturated rings. The Bertz CT molecular complexity index is 349. The van der Waals surface area contributed by atoms with Gasteiger partial charge in [-0.05, 0) is 46.5 Å². The highest BCUT2D eigenvalue weighted by atomic mass is 16.5. The predicted octanol–water partition coefficient (Wildman–Crippen LogP) is 2.49. The summed E-state index contributed by atoms with van der Waals surface area (Å²) in [5.74, 6) is 0.655. The van der Waals surface area contributed by atoms with Crippen LogP contribution >= 0.6 is 0 Å². The summed E-state index contributed by atoms with van der Waals surface area (Å²) in [6.07, 6.45) is 5.91. The number of aromatic nitrogens is 3. The van der Waals surface area contributed by atoms with Gasteiger partial charge in [0.2, 0.25) is 0 Å². The molecule has 0 aliphatic heterocycles. The van der Waals surface area contributed by atoms with Gasteiger partial charge in [-0.25, -0.2) is 4.98 Å². The Hall–Kier alpha value is -0.940. The summed E-state index contributed by atoms with van der Waals surface area (Å²) in [6, 6.07) is 0. The lowest BCUT2D eigenvalue weighted by molar-refractivity contribution is 0.0668. The predicted molar refractivity (Wildman–Crippen MR) is 81.6 cm³/mol. The first-order valence-corrected chi connectivity index (χ1v) is 7.58. The van der Waals surface area contributed by atoms with E-state index in [9.17, 15) is 0 Å². The van der Waals surface area contributed by atoms with E-state index >= 15 is 0 Å². The van der Waals surface area contributed by atoms with Crippen LogP contribution in [-0.4, -0.2) is 39.6 Å². The second kappa shape index (κ2) is 8.37. The fourth-order valence-corrected chi connectivity index (χ4v) is 2.41. The second-order valence-corrected chi connectivity index (χ2v) is 6.49. The van der Waals surface area contributed by atoms with Crippen LogP contribution in [0.25, 0.3) is 0 Å². The smallest absolute Gasteiger partial charge is 0.137 e. The van der Waals surface area contributed by atoms with Crippen molar-refractivity contribution < 1.29 is 4.74 Å². The number of hydrogen-bond acceptors (Lipinski definition) is 4. The van der Waals surface area contributed by atoms with E-state index in [0.29, 0.717) is 12.0 Å². The van der Waals surface area contributed by atoms with Gasteiger partial charge in [-0.2, -0.15) is 5.10 Å². The number of rotatable bonds is 10. The van der Waals surface area contributed by atoms with Gasteiger partial charge in [0, 0.05) is 18.7 Å². The van der Waals surface area contributed by atoms with Gasteiger partial charge in [0.15, 0.2) is 0 Å². The minimum atomic E-state index is 0.137. The Kier molecular flexibility index (Phi) is 7.16. The van der Waals surface area contributed by atoms with Crippen molar-refractivity contribution in [3.63, 3.8) is 0 Å². The zero-order valence-corrected chi connectivity index (χ0v) is 13.6. The maximum absolute atomic E-state index is 5.62. The molecule has 0 aliphatic carbocycles. The van der Waals surface area contributed by atoms with Crippen LogP contribution < -0.4 is 5.32 Å². The van der Waals surface area contributed by atoms with Gasteiger partial charge < -0.3 is 10.1 Å². The van der Waals surface area contributed by atoms with Gasteiger partial charge in [-0.1, -0.05) is 6.92 Å². The van der Waals surface area contributed by atoms with Crippen LogP contribution in [0.5, 0.6) is 0 Å². The molecule has 0 bridgehead atoms. The summed E-state index contributed by atoms with van der Waals surface area (Å²) < 4.78 is 7.47. The largest absolute Gasteiger partial charge is 0.379 e. The molecule has 116 valence electrons. The summed E-state index contributed by atoms with van der Waals surface area (Å²) in [7, 11) is 0. The van der Waals surface area contributed by atoms with Crippen molar-refractivity contribution in [3.05, 3.63) is 12.7 Å². The fourth-order valence-electron chi connectivity index (χ4n) is 2.41. The molecule has 5 heteroatoms. The summed E-state index contributed by atoms with van der Waals surface area (Å²) >= 11 is 0. The van der Waals surface area contributed by atoms with E-state index in [-0.39, 0.29) is 5.54 Å². The number of nitrogens with zero attached hydrogens (tertiary/aromatic N) is 3.